The smallest absolute Gasteiger partial charge is 0.0288 e. The van der Waals surface area contributed by atoms with Gasteiger partial charge in [0.05, 0.1) is 0 Å². The number of likely N-dealkylation sites (tertiary alicyclic amines) is 1. The zero-order valence-corrected chi connectivity index (χ0v) is 10.8. The molecule has 0 spiro atoms. The molecule has 1 saturated heterocycles. The third-order valence-electron chi connectivity index (χ3n) is 3.18. The van der Waals surface area contributed by atoms with Gasteiger partial charge in [-0.2, -0.15) is 0 Å². The van der Waals surface area contributed by atoms with Gasteiger partial charge in [-0.1, -0.05) is 53.2 Å². The molecule has 0 radical (unpaired) electrons. The summed E-state index contributed by atoms with van der Waals surface area (Å²) in [6, 6.07) is 11.5. The van der Waals surface area contributed by atoms with Gasteiger partial charge in [0.2, 0.25) is 0 Å². The summed E-state index contributed by atoms with van der Waals surface area (Å²) < 4.78 is 0. The molecule has 0 amide bonds. The van der Waals surface area contributed by atoms with E-state index in [0.29, 0.717) is 4.83 Å². The van der Waals surface area contributed by atoms with Gasteiger partial charge in [0.1, 0.15) is 0 Å². The van der Waals surface area contributed by atoms with Crippen LogP contribution in [0.5, 0.6) is 0 Å². The minimum atomic E-state index is 0.686. The minimum Gasteiger partial charge on any atom is -0.295 e. The maximum absolute atomic E-state index is 3.73. The van der Waals surface area contributed by atoms with E-state index in [4.69, 9.17) is 0 Å². The third kappa shape index (κ3) is 2.82. The first-order valence-electron chi connectivity index (χ1n) is 5.71. The van der Waals surface area contributed by atoms with Crippen LogP contribution in [-0.4, -0.2) is 22.3 Å². The van der Waals surface area contributed by atoms with Crippen molar-refractivity contribution >= 4 is 15.9 Å². The van der Waals surface area contributed by atoms with E-state index in [1.807, 2.05) is 0 Å². The molecule has 0 bridgehead atoms. The van der Waals surface area contributed by atoms with Crippen LogP contribution in [0, 0.1) is 0 Å². The van der Waals surface area contributed by atoms with Crippen LogP contribution in [0.3, 0.4) is 0 Å². The van der Waals surface area contributed by atoms with Crippen LogP contribution in [-0.2, 0) is 6.54 Å². The van der Waals surface area contributed by atoms with Crippen molar-refractivity contribution in [1.82, 2.24) is 4.90 Å². The fourth-order valence-electron chi connectivity index (χ4n) is 2.36. The molecule has 1 nitrogen and oxygen atoms in total. The Bertz CT molecular complexity index is 299. The Morgan fingerprint density at radius 2 is 2.07 bits per heavy atom. The molecule has 0 aromatic heterocycles. The molecule has 1 aromatic rings. The predicted octanol–water partition coefficient (Wildman–Crippen LogP) is 3.43. The van der Waals surface area contributed by atoms with E-state index in [0.717, 1.165) is 12.6 Å². The molecule has 2 rings (SSSR count). The molecule has 2 atom stereocenters. The number of halogens is 1. The minimum absolute atomic E-state index is 0.686. The number of hydrogen-bond acceptors (Lipinski definition) is 1. The van der Waals surface area contributed by atoms with E-state index in [2.05, 4.69) is 58.1 Å². The number of nitrogens with zero attached hydrogens (tertiary/aromatic N) is 1. The van der Waals surface area contributed by atoms with Crippen LogP contribution >= 0.6 is 15.9 Å². The summed E-state index contributed by atoms with van der Waals surface area (Å²) in [5.41, 5.74) is 1.43. The van der Waals surface area contributed by atoms with E-state index in [1.54, 1.807) is 0 Å². The fraction of sp³-hybridized carbons (Fsp3) is 0.538. The first kappa shape index (κ1) is 11.2. The Kier molecular flexibility index (Phi) is 3.81. The lowest BCUT2D eigenvalue weighted by atomic mass is 10.1. The number of rotatable bonds is 3. The zero-order chi connectivity index (χ0) is 10.7. The van der Waals surface area contributed by atoms with Crippen molar-refractivity contribution < 1.29 is 0 Å². The molecule has 2 heteroatoms. The topological polar surface area (TPSA) is 3.24 Å². The van der Waals surface area contributed by atoms with Gasteiger partial charge < -0.3 is 0 Å². The normalized spacial score (nSPS) is 27.1. The van der Waals surface area contributed by atoms with Crippen molar-refractivity contribution in [3.05, 3.63) is 35.9 Å². The fourth-order valence-corrected chi connectivity index (χ4v) is 3.16. The van der Waals surface area contributed by atoms with Crippen LogP contribution in [0.4, 0.5) is 0 Å². The highest BCUT2D eigenvalue weighted by molar-refractivity contribution is 9.09. The van der Waals surface area contributed by atoms with Crippen molar-refractivity contribution in [2.75, 3.05) is 6.54 Å². The van der Waals surface area contributed by atoms with Crippen molar-refractivity contribution in [2.24, 2.45) is 0 Å². The highest BCUT2D eigenvalue weighted by Crippen LogP contribution is 2.26. The lowest BCUT2D eigenvalue weighted by Gasteiger charge is -2.22. The van der Waals surface area contributed by atoms with Crippen molar-refractivity contribution in [3.63, 3.8) is 0 Å². The van der Waals surface area contributed by atoms with E-state index in [-0.39, 0.29) is 0 Å². The average Bonchev–Trinajstić information content (AvgIpc) is 2.60. The summed E-state index contributed by atoms with van der Waals surface area (Å²) in [5.74, 6) is 0. The Balaban J connectivity index is 2.00. The largest absolute Gasteiger partial charge is 0.295 e. The van der Waals surface area contributed by atoms with Gasteiger partial charge >= 0.3 is 0 Å². The van der Waals surface area contributed by atoms with E-state index in [1.165, 1.54) is 24.9 Å². The van der Waals surface area contributed by atoms with Crippen molar-refractivity contribution in [1.29, 1.82) is 0 Å². The molecule has 0 saturated carbocycles. The molecule has 1 aliphatic heterocycles. The predicted molar refractivity (Wildman–Crippen MR) is 68.3 cm³/mol. The summed E-state index contributed by atoms with van der Waals surface area (Å²) in [6.45, 7) is 4.57. The lowest BCUT2D eigenvalue weighted by molar-refractivity contribution is 0.240. The van der Waals surface area contributed by atoms with Crippen LogP contribution in [0.2, 0.25) is 0 Å². The standard InChI is InChI=1S/C13H18BrN/c1-2-13-8-12(14)10-15(13)9-11-6-4-3-5-7-11/h3-7,12-13H,2,8-10H2,1H3/t12-,13+/m1/s1. The molecule has 0 N–H and O–H groups in total. The maximum Gasteiger partial charge on any atom is 0.0288 e. The number of alkyl halides is 1. The lowest BCUT2D eigenvalue weighted by Crippen LogP contribution is -2.28. The highest BCUT2D eigenvalue weighted by atomic mass is 79.9. The molecule has 0 aliphatic carbocycles. The second kappa shape index (κ2) is 5.13. The Labute approximate surface area is 101 Å². The number of hydrogen-bond donors (Lipinski definition) is 0. The molecular formula is C13H18BrN. The van der Waals surface area contributed by atoms with Crippen LogP contribution < -0.4 is 0 Å². The van der Waals surface area contributed by atoms with Crippen molar-refractivity contribution in [2.45, 2.75) is 37.2 Å². The molecule has 0 unspecified atom stereocenters. The second-order valence-electron chi connectivity index (χ2n) is 4.31. The van der Waals surface area contributed by atoms with Gasteiger partial charge in [0.15, 0.2) is 0 Å². The molecular weight excluding hydrogens is 250 g/mol. The van der Waals surface area contributed by atoms with E-state index in [9.17, 15) is 0 Å². The summed E-state index contributed by atoms with van der Waals surface area (Å²) >= 11 is 3.73. The summed E-state index contributed by atoms with van der Waals surface area (Å²) in [7, 11) is 0. The van der Waals surface area contributed by atoms with Gasteiger partial charge in [-0.15, -0.1) is 0 Å². The maximum atomic E-state index is 3.73. The monoisotopic (exact) mass is 267 g/mol. The van der Waals surface area contributed by atoms with Crippen LogP contribution in [0.25, 0.3) is 0 Å². The van der Waals surface area contributed by atoms with Gasteiger partial charge in [-0.05, 0) is 18.4 Å². The van der Waals surface area contributed by atoms with Gasteiger partial charge in [0, 0.05) is 24.0 Å². The molecule has 1 aliphatic rings. The summed E-state index contributed by atoms with van der Waals surface area (Å²) in [6.07, 6.45) is 2.55. The first-order valence-corrected chi connectivity index (χ1v) is 6.63. The van der Waals surface area contributed by atoms with Gasteiger partial charge in [0.25, 0.3) is 0 Å². The molecule has 1 heterocycles. The van der Waals surface area contributed by atoms with Crippen LogP contribution in [0.1, 0.15) is 25.3 Å². The SMILES string of the molecule is CC[C@H]1C[C@@H](Br)CN1Cc1ccccc1. The Morgan fingerprint density at radius 3 is 2.73 bits per heavy atom. The third-order valence-corrected chi connectivity index (χ3v) is 3.84. The molecule has 1 aromatic carbocycles. The second-order valence-corrected chi connectivity index (χ2v) is 5.61. The van der Waals surface area contributed by atoms with E-state index < -0.39 is 0 Å². The Morgan fingerprint density at radius 1 is 1.33 bits per heavy atom. The first-order chi connectivity index (χ1) is 7.29. The van der Waals surface area contributed by atoms with E-state index >= 15 is 0 Å². The summed E-state index contributed by atoms with van der Waals surface area (Å²) in [4.78, 5) is 3.28. The average molecular weight is 268 g/mol. The highest BCUT2D eigenvalue weighted by Gasteiger charge is 2.28. The number of benzene rings is 1. The summed E-state index contributed by atoms with van der Waals surface area (Å²) in [5, 5.41) is 0. The van der Waals surface area contributed by atoms with Gasteiger partial charge in [-0.25, -0.2) is 0 Å². The Hall–Kier alpha value is -0.340. The molecule has 82 valence electrons. The quantitative estimate of drug-likeness (QED) is 0.759. The zero-order valence-electron chi connectivity index (χ0n) is 9.20. The van der Waals surface area contributed by atoms with Crippen molar-refractivity contribution in [3.8, 4) is 0 Å². The van der Waals surface area contributed by atoms with Gasteiger partial charge in [-0.3, -0.25) is 4.90 Å². The molecule has 1 fully saturated rings. The van der Waals surface area contributed by atoms with Crippen LogP contribution in [0.15, 0.2) is 30.3 Å². The molecule has 15 heavy (non-hydrogen) atoms.